The Hall–Kier alpha value is 0.350. The minimum Gasteiger partial charge on any atom is -0.159 e. The normalized spacial score (nSPS) is 14.8. The molecule has 0 aromatic rings. The quantitative estimate of drug-likeness (QED) is 0.578. The topological polar surface area (TPSA) is 0 Å². The average molecular weight is 188 g/mol. The molecule has 1 heteroatoms. The standard InChI is InChI=1S/C11H24S/c1-6-10(2)12-9-7-8-11(3,4)5/h10H,6-9H2,1-5H3. The molecule has 0 aromatic carbocycles. The molecule has 0 aromatic heterocycles. The Labute approximate surface area is 82.5 Å². The van der Waals surface area contributed by atoms with E-state index in [0.29, 0.717) is 5.41 Å². The summed E-state index contributed by atoms with van der Waals surface area (Å²) >= 11 is 2.12. The zero-order valence-corrected chi connectivity index (χ0v) is 10.1. The minimum atomic E-state index is 0.524. The average Bonchev–Trinajstić information content (AvgIpc) is 1.96. The monoisotopic (exact) mass is 188 g/mol. The van der Waals surface area contributed by atoms with E-state index in [4.69, 9.17) is 0 Å². The smallest absolute Gasteiger partial charge is 0.00160 e. The van der Waals surface area contributed by atoms with E-state index in [2.05, 4.69) is 46.4 Å². The molecule has 0 amide bonds. The fourth-order valence-corrected chi connectivity index (χ4v) is 1.95. The first-order valence-electron chi connectivity index (χ1n) is 5.07. The van der Waals surface area contributed by atoms with Crippen LogP contribution in [0.4, 0.5) is 0 Å². The molecule has 1 unspecified atom stereocenters. The summed E-state index contributed by atoms with van der Waals surface area (Å²) in [6.07, 6.45) is 4.04. The summed E-state index contributed by atoms with van der Waals surface area (Å²) in [7, 11) is 0. The van der Waals surface area contributed by atoms with Crippen molar-refractivity contribution in [3.05, 3.63) is 0 Å². The molecular weight excluding hydrogens is 164 g/mol. The van der Waals surface area contributed by atoms with Crippen LogP contribution in [0.1, 0.15) is 53.9 Å². The van der Waals surface area contributed by atoms with E-state index >= 15 is 0 Å². The highest BCUT2D eigenvalue weighted by molar-refractivity contribution is 7.99. The van der Waals surface area contributed by atoms with Gasteiger partial charge in [0.2, 0.25) is 0 Å². The Morgan fingerprint density at radius 1 is 1.25 bits per heavy atom. The third kappa shape index (κ3) is 8.45. The van der Waals surface area contributed by atoms with Gasteiger partial charge in [0.05, 0.1) is 0 Å². The number of rotatable bonds is 5. The lowest BCUT2D eigenvalue weighted by Crippen LogP contribution is -2.05. The van der Waals surface area contributed by atoms with Gasteiger partial charge in [-0.25, -0.2) is 0 Å². The minimum absolute atomic E-state index is 0.524. The molecule has 0 spiro atoms. The third-order valence-electron chi connectivity index (χ3n) is 2.05. The molecule has 0 radical (unpaired) electrons. The zero-order chi connectivity index (χ0) is 9.61. The highest BCUT2D eigenvalue weighted by atomic mass is 32.2. The van der Waals surface area contributed by atoms with Gasteiger partial charge in [-0.15, -0.1) is 0 Å². The van der Waals surface area contributed by atoms with Crippen molar-refractivity contribution in [3.63, 3.8) is 0 Å². The maximum absolute atomic E-state index is 2.32. The van der Waals surface area contributed by atoms with Crippen LogP contribution in [0.2, 0.25) is 0 Å². The van der Waals surface area contributed by atoms with Gasteiger partial charge in [0.15, 0.2) is 0 Å². The van der Waals surface area contributed by atoms with Gasteiger partial charge in [-0.2, -0.15) is 11.8 Å². The third-order valence-corrected chi connectivity index (χ3v) is 3.48. The molecule has 0 saturated carbocycles. The second-order valence-electron chi connectivity index (χ2n) is 4.75. The molecule has 12 heavy (non-hydrogen) atoms. The first kappa shape index (κ1) is 12.3. The number of hydrogen-bond acceptors (Lipinski definition) is 1. The Morgan fingerprint density at radius 3 is 2.25 bits per heavy atom. The van der Waals surface area contributed by atoms with Crippen LogP contribution >= 0.6 is 11.8 Å². The Bertz CT molecular complexity index is 102. The molecule has 0 aliphatic carbocycles. The van der Waals surface area contributed by atoms with Crippen molar-refractivity contribution in [2.75, 3.05) is 5.75 Å². The highest BCUT2D eigenvalue weighted by Gasteiger charge is 2.09. The van der Waals surface area contributed by atoms with Crippen LogP contribution in [-0.2, 0) is 0 Å². The van der Waals surface area contributed by atoms with Crippen LogP contribution in [-0.4, -0.2) is 11.0 Å². The van der Waals surface area contributed by atoms with E-state index in [9.17, 15) is 0 Å². The van der Waals surface area contributed by atoms with Gasteiger partial charge in [-0.05, 0) is 30.4 Å². The Kier molecular flexibility index (Phi) is 6.08. The van der Waals surface area contributed by atoms with Crippen molar-refractivity contribution in [2.45, 2.75) is 59.1 Å². The Balaban J connectivity index is 3.22. The molecule has 0 saturated heterocycles. The first-order chi connectivity index (χ1) is 5.45. The second kappa shape index (κ2) is 5.90. The van der Waals surface area contributed by atoms with E-state index in [0.717, 1.165) is 5.25 Å². The molecule has 0 nitrogen and oxygen atoms in total. The van der Waals surface area contributed by atoms with Crippen LogP contribution in [0.5, 0.6) is 0 Å². The van der Waals surface area contributed by atoms with E-state index in [1.165, 1.54) is 25.0 Å². The lowest BCUT2D eigenvalue weighted by Gasteiger charge is -2.18. The molecule has 74 valence electrons. The second-order valence-corrected chi connectivity index (χ2v) is 6.30. The molecular formula is C11H24S. The molecule has 1 atom stereocenters. The maximum atomic E-state index is 2.32. The Morgan fingerprint density at radius 2 is 1.83 bits per heavy atom. The van der Waals surface area contributed by atoms with Crippen molar-refractivity contribution in [3.8, 4) is 0 Å². The fourth-order valence-electron chi connectivity index (χ4n) is 1.00. The lowest BCUT2D eigenvalue weighted by molar-refractivity contribution is 0.374. The summed E-state index contributed by atoms with van der Waals surface area (Å²) in [5.41, 5.74) is 0.524. The van der Waals surface area contributed by atoms with Crippen molar-refractivity contribution >= 4 is 11.8 Å². The number of thioether (sulfide) groups is 1. The molecule has 0 rings (SSSR count). The van der Waals surface area contributed by atoms with Crippen LogP contribution < -0.4 is 0 Å². The van der Waals surface area contributed by atoms with E-state index in [1.54, 1.807) is 0 Å². The van der Waals surface area contributed by atoms with E-state index in [1.807, 2.05) is 0 Å². The van der Waals surface area contributed by atoms with Crippen LogP contribution in [0.25, 0.3) is 0 Å². The zero-order valence-electron chi connectivity index (χ0n) is 9.31. The lowest BCUT2D eigenvalue weighted by atomic mass is 9.91. The first-order valence-corrected chi connectivity index (χ1v) is 6.12. The summed E-state index contributed by atoms with van der Waals surface area (Å²) in [5.74, 6) is 1.34. The predicted octanol–water partition coefficient (Wildman–Crippen LogP) is 4.34. The molecule has 0 N–H and O–H groups in total. The molecule has 0 heterocycles. The van der Waals surface area contributed by atoms with Crippen molar-refractivity contribution < 1.29 is 0 Å². The van der Waals surface area contributed by atoms with Gasteiger partial charge in [0.1, 0.15) is 0 Å². The molecule has 0 aliphatic rings. The van der Waals surface area contributed by atoms with Crippen molar-refractivity contribution in [1.82, 2.24) is 0 Å². The van der Waals surface area contributed by atoms with Crippen LogP contribution in [0.15, 0.2) is 0 Å². The summed E-state index contributed by atoms with van der Waals surface area (Å²) in [6, 6.07) is 0. The van der Waals surface area contributed by atoms with Gasteiger partial charge >= 0.3 is 0 Å². The molecule has 0 aliphatic heterocycles. The highest BCUT2D eigenvalue weighted by Crippen LogP contribution is 2.23. The van der Waals surface area contributed by atoms with Crippen molar-refractivity contribution in [1.29, 1.82) is 0 Å². The van der Waals surface area contributed by atoms with E-state index in [-0.39, 0.29) is 0 Å². The summed E-state index contributed by atoms with van der Waals surface area (Å²) < 4.78 is 0. The van der Waals surface area contributed by atoms with Crippen molar-refractivity contribution in [2.24, 2.45) is 5.41 Å². The van der Waals surface area contributed by atoms with Crippen LogP contribution in [0, 0.1) is 5.41 Å². The van der Waals surface area contributed by atoms with Gasteiger partial charge < -0.3 is 0 Å². The van der Waals surface area contributed by atoms with Gasteiger partial charge in [0.25, 0.3) is 0 Å². The summed E-state index contributed by atoms with van der Waals surface area (Å²) in [4.78, 5) is 0. The van der Waals surface area contributed by atoms with E-state index < -0.39 is 0 Å². The number of hydrogen-bond donors (Lipinski definition) is 0. The summed E-state index contributed by atoms with van der Waals surface area (Å²) in [6.45, 7) is 11.5. The SMILES string of the molecule is CCC(C)SCCCC(C)(C)C. The fraction of sp³-hybridized carbons (Fsp3) is 1.00. The predicted molar refractivity (Wildman–Crippen MR) is 60.9 cm³/mol. The maximum Gasteiger partial charge on any atom is 0.00160 e. The largest absolute Gasteiger partial charge is 0.159 e. The molecule has 0 fully saturated rings. The van der Waals surface area contributed by atoms with Crippen LogP contribution in [0.3, 0.4) is 0 Å². The van der Waals surface area contributed by atoms with Gasteiger partial charge in [-0.3, -0.25) is 0 Å². The van der Waals surface area contributed by atoms with Gasteiger partial charge in [-0.1, -0.05) is 34.6 Å². The molecule has 0 bridgehead atoms. The van der Waals surface area contributed by atoms with Gasteiger partial charge in [0, 0.05) is 5.25 Å². The summed E-state index contributed by atoms with van der Waals surface area (Å²) in [5, 5.41) is 0.852.